The topological polar surface area (TPSA) is 77.2 Å². The van der Waals surface area contributed by atoms with Gasteiger partial charge in [0.1, 0.15) is 0 Å². The number of nitrogens with zero attached hydrogens (tertiary/aromatic N) is 5. The Morgan fingerprint density at radius 1 is 1.53 bits per heavy atom. The van der Waals surface area contributed by atoms with Crippen molar-refractivity contribution in [3.05, 3.63) is 12.4 Å². The first-order valence-electron chi connectivity index (χ1n) is 5.61. The molecular weight excluding hydrogens is 220 g/mol. The molecule has 2 aromatic heterocycles. The van der Waals surface area contributed by atoms with Gasteiger partial charge in [-0.25, -0.2) is 0 Å². The fraction of sp³-hybridized carbons (Fsp3) is 0.600. The van der Waals surface area contributed by atoms with E-state index in [4.69, 9.17) is 4.74 Å². The Hall–Kier alpha value is -1.76. The minimum absolute atomic E-state index is 0.109. The van der Waals surface area contributed by atoms with Crippen LogP contribution in [-0.4, -0.2) is 43.3 Å². The third-order valence-corrected chi connectivity index (χ3v) is 3.41. The van der Waals surface area contributed by atoms with E-state index in [-0.39, 0.29) is 11.6 Å². The van der Waals surface area contributed by atoms with E-state index >= 15 is 0 Å². The lowest BCUT2D eigenvalue weighted by molar-refractivity contribution is 0.105. The second-order valence-electron chi connectivity index (χ2n) is 4.55. The van der Waals surface area contributed by atoms with Crippen molar-refractivity contribution in [3.63, 3.8) is 0 Å². The van der Waals surface area contributed by atoms with Gasteiger partial charge in [-0.3, -0.25) is 4.98 Å². The van der Waals surface area contributed by atoms with E-state index in [2.05, 4.69) is 39.7 Å². The van der Waals surface area contributed by atoms with Crippen LogP contribution >= 0.6 is 0 Å². The zero-order chi connectivity index (χ0) is 11.9. The van der Waals surface area contributed by atoms with Gasteiger partial charge in [-0.05, 0) is 30.7 Å². The molecule has 0 radical (unpaired) electrons. The van der Waals surface area contributed by atoms with E-state index in [0.29, 0.717) is 5.65 Å². The van der Waals surface area contributed by atoms with Crippen molar-refractivity contribution < 1.29 is 4.74 Å². The highest BCUT2D eigenvalue weighted by Crippen LogP contribution is 2.29. The zero-order valence-corrected chi connectivity index (χ0v) is 9.79. The number of rotatable bonds is 2. The number of hydrogen-bond donors (Lipinski definition) is 1. The summed E-state index contributed by atoms with van der Waals surface area (Å²) in [5.41, 5.74) is 0.521. The summed E-state index contributed by atoms with van der Waals surface area (Å²) < 4.78 is 7.23. The average molecular weight is 234 g/mol. The number of anilines is 1. The first-order chi connectivity index (χ1) is 8.19. The minimum atomic E-state index is -0.109. The first kappa shape index (κ1) is 10.4. The van der Waals surface area contributed by atoms with Gasteiger partial charge in [0.2, 0.25) is 0 Å². The lowest BCUT2D eigenvalue weighted by Gasteiger charge is -2.29. The molecule has 7 heteroatoms. The van der Waals surface area contributed by atoms with Gasteiger partial charge in [-0.2, -0.15) is 4.52 Å². The largest absolute Gasteiger partial charge is 0.376 e. The van der Waals surface area contributed by atoms with Crippen LogP contribution in [-0.2, 0) is 4.74 Å². The molecule has 3 rings (SSSR count). The monoisotopic (exact) mass is 234 g/mol. The number of ether oxygens (including phenoxy) is 1. The maximum Gasteiger partial charge on any atom is 0.199 e. The van der Waals surface area contributed by atoms with Gasteiger partial charge in [-0.1, -0.05) is 0 Å². The molecule has 0 saturated carbocycles. The summed E-state index contributed by atoms with van der Waals surface area (Å²) in [5.74, 6) is 0.785. The van der Waals surface area contributed by atoms with Crippen LogP contribution in [0.4, 0.5) is 5.82 Å². The fourth-order valence-electron chi connectivity index (χ4n) is 2.05. The molecule has 1 aliphatic rings. The van der Waals surface area contributed by atoms with E-state index in [9.17, 15) is 0 Å². The Kier molecular flexibility index (Phi) is 2.22. The van der Waals surface area contributed by atoms with Crippen LogP contribution in [0.15, 0.2) is 12.4 Å². The highest BCUT2D eigenvalue weighted by Gasteiger charge is 2.37. The van der Waals surface area contributed by atoms with Gasteiger partial charge < -0.3 is 10.1 Å². The van der Waals surface area contributed by atoms with Gasteiger partial charge in [0.15, 0.2) is 11.5 Å². The molecule has 7 nitrogen and oxygen atoms in total. The molecular formula is C10H14N6O. The zero-order valence-electron chi connectivity index (χ0n) is 9.79. The quantitative estimate of drug-likeness (QED) is 0.815. The van der Waals surface area contributed by atoms with Crippen molar-refractivity contribution in [2.75, 3.05) is 11.9 Å². The van der Waals surface area contributed by atoms with Crippen LogP contribution in [0.5, 0.6) is 0 Å². The molecule has 2 atom stereocenters. The van der Waals surface area contributed by atoms with Crippen molar-refractivity contribution in [2.45, 2.75) is 31.9 Å². The number of hydrogen-bond acceptors (Lipinski definition) is 6. The van der Waals surface area contributed by atoms with Crippen molar-refractivity contribution in [3.8, 4) is 0 Å². The molecule has 0 aliphatic carbocycles. The van der Waals surface area contributed by atoms with Gasteiger partial charge in [0, 0.05) is 6.61 Å². The molecule has 0 bridgehead atoms. The van der Waals surface area contributed by atoms with Crippen LogP contribution < -0.4 is 5.32 Å². The van der Waals surface area contributed by atoms with Crippen LogP contribution in [0, 0.1) is 0 Å². The van der Waals surface area contributed by atoms with E-state index in [1.54, 1.807) is 16.9 Å². The maximum absolute atomic E-state index is 5.59. The molecule has 0 amide bonds. The van der Waals surface area contributed by atoms with E-state index in [1.165, 1.54) is 0 Å². The normalized spacial score (nSPS) is 28.7. The second-order valence-corrected chi connectivity index (χ2v) is 4.55. The molecule has 1 N–H and O–H groups in total. The molecule has 1 aliphatic heterocycles. The van der Waals surface area contributed by atoms with Gasteiger partial charge in [0.05, 0.1) is 24.0 Å². The smallest absolute Gasteiger partial charge is 0.199 e. The molecule has 0 aromatic carbocycles. The van der Waals surface area contributed by atoms with Crippen molar-refractivity contribution >= 4 is 11.5 Å². The first-order valence-corrected chi connectivity index (χ1v) is 5.61. The Labute approximate surface area is 98.2 Å². The molecule has 0 spiro atoms. The Morgan fingerprint density at radius 3 is 3.18 bits per heavy atom. The third kappa shape index (κ3) is 1.62. The predicted octanol–water partition coefficient (Wildman–Crippen LogP) is 0.499. The van der Waals surface area contributed by atoms with Gasteiger partial charge in [-0.15, -0.1) is 5.10 Å². The number of fused-ring (bicyclic) bond motifs is 1. The van der Waals surface area contributed by atoms with Gasteiger partial charge in [0.25, 0.3) is 0 Å². The van der Waals surface area contributed by atoms with E-state index in [1.807, 2.05) is 0 Å². The lowest BCUT2D eigenvalue weighted by atomic mass is 9.95. The molecule has 90 valence electrons. The summed E-state index contributed by atoms with van der Waals surface area (Å²) in [7, 11) is 0. The molecule has 3 heterocycles. The van der Waals surface area contributed by atoms with E-state index < -0.39 is 0 Å². The average Bonchev–Trinajstić information content (AvgIpc) is 2.88. The maximum atomic E-state index is 5.59. The Balaban J connectivity index is 1.97. The third-order valence-electron chi connectivity index (χ3n) is 3.41. The Bertz CT molecular complexity index is 540. The predicted molar refractivity (Wildman–Crippen MR) is 60.6 cm³/mol. The fourth-order valence-corrected chi connectivity index (χ4v) is 2.05. The molecule has 2 aromatic rings. The second kappa shape index (κ2) is 3.63. The Morgan fingerprint density at radius 2 is 2.41 bits per heavy atom. The van der Waals surface area contributed by atoms with Crippen LogP contribution in [0.1, 0.15) is 20.3 Å². The molecule has 17 heavy (non-hydrogen) atoms. The summed E-state index contributed by atoms with van der Waals surface area (Å²) in [6.07, 6.45) is 4.45. The molecule has 1 fully saturated rings. The van der Waals surface area contributed by atoms with Crippen LogP contribution in [0.2, 0.25) is 0 Å². The summed E-state index contributed by atoms with van der Waals surface area (Å²) in [6, 6.07) is 0. The standard InChI is InChI=1S/C10H14N6O/c1-7-10(2,3-4-17-7)12-8-5-11-6-9-13-14-15-16(8)9/h5-7,12H,3-4H2,1-2H3. The summed E-state index contributed by atoms with van der Waals surface area (Å²) in [6.45, 7) is 4.96. The number of aromatic nitrogens is 5. The molecule has 1 saturated heterocycles. The van der Waals surface area contributed by atoms with E-state index in [0.717, 1.165) is 18.8 Å². The van der Waals surface area contributed by atoms with Crippen molar-refractivity contribution in [1.29, 1.82) is 0 Å². The van der Waals surface area contributed by atoms with Crippen molar-refractivity contribution in [1.82, 2.24) is 25.0 Å². The SMILES string of the molecule is CC1OCCC1(C)Nc1cncc2nnnn12. The summed E-state index contributed by atoms with van der Waals surface area (Å²) in [5, 5.41) is 14.9. The lowest BCUT2D eigenvalue weighted by Crippen LogP contribution is -2.41. The summed E-state index contributed by atoms with van der Waals surface area (Å²) >= 11 is 0. The van der Waals surface area contributed by atoms with Crippen LogP contribution in [0.3, 0.4) is 0 Å². The minimum Gasteiger partial charge on any atom is -0.376 e. The van der Waals surface area contributed by atoms with Gasteiger partial charge >= 0.3 is 0 Å². The van der Waals surface area contributed by atoms with Crippen molar-refractivity contribution in [2.24, 2.45) is 0 Å². The highest BCUT2D eigenvalue weighted by atomic mass is 16.5. The highest BCUT2D eigenvalue weighted by molar-refractivity contribution is 5.45. The van der Waals surface area contributed by atoms with Crippen LogP contribution in [0.25, 0.3) is 5.65 Å². The number of nitrogens with one attached hydrogen (secondary N) is 1. The summed E-state index contributed by atoms with van der Waals surface area (Å²) in [4.78, 5) is 4.12. The molecule has 2 unspecified atom stereocenters. The number of tetrazole rings is 1.